The molecule has 1 aromatic heterocycles. The number of amides is 1. The molecule has 0 atom stereocenters. The third-order valence-corrected chi connectivity index (χ3v) is 4.56. The normalized spacial score (nSPS) is 10.4. The lowest BCUT2D eigenvalue weighted by atomic mass is 10.1. The highest BCUT2D eigenvalue weighted by Crippen LogP contribution is 2.22. The van der Waals surface area contributed by atoms with E-state index in [1.165, 1.54) is 4.70 Å². The highest BCUT2D eigenvalue weighted by molar-refractivity contribution is 7.18. The molecule has 0 aliphatic rings. The smallest absolute Gasteiger partial charge is 0.251 e. The van der Waals surface area contributed by atoms with Crippen LogP contribution in [0.4, 0.5) is 0 Å². The van der Waals surface area contributed by atoms with Crippen molar-refractivity contribution in [2.45, 2.75) is 12.8 Å². The van der Waals surface area contributed by atoms with Gasteiger partial charge in [-0.2, -0.15) is 5.26 Å². The number of carbonyl (C=O) groups excluding carboxylic acids is 1. The van der Waals surface area contributed by atoms with E-state index in [0.717, 1.165) is 23.4 Å². The maximum atomic E-state index is 12.0. The van der Waals surface area contributed by atoms with Gasteiger partial charge in [0.05, 0.1) is 26.9 Å². The molecule has 0 spiro atoms. The third kappa shape index (κ3) is 3.74. The number of hydrogen-bond donors (Lipinski definition) is 1. The maximum absolute atomic E-state index is 12.0. The molecule has 114 valence electrons. The van der Waals surface area contributed by atoms with Crippen LogP contribution >= 0.6 is 11.3 Å². The van der Waals surface area contributed by atoms with Crippen LogP contribution in [0.15, 0.2) is 48.5 Å². The minimum absolute atomic E-state index is 0.112. The van der Waals surface area contributed by atoms with Crippen molar-refractivity contribution in [3.05, 3.63) is 64.7 Å². The largest absolute Gasteiger partial charge is 0.352 e. The Kier molecular flexibility index (Phi) is 4.65. The van der Waals surface area contributed by atoms with Crippen LogP contribution in [0, 0.1) is 11.3 Å². The van der Waals surface area contributed by atoms with E-state index < -0.39 is 0 Å². The molecule has 3 aromatic rings. The van der Waals surface area contributed by atoms with Gasteiger partial charge < -0.3 is 5.32 Å². The Bertz CT molecular complexity index is 829. The van der Waals surface area contributed by atoms with Crippen molar-refractivity contribution in [2.75, 3.05) is 6.54 Å². The number of nitriles is 1. The van der Waals surface area contributed by atoms with Crippen molar-refractivity contribution in [3.8, 4) is 6.07 Å². The van der Waals surface area contributed by atoms with Gasteiger partial charge in [-0.3, -0.25) is 4.79 Å². The standard InChI is InChI=1S/C18H15N3OS/c19-12-13-7-9-14(10-8-13)18(22)20-11-3-6-17-21-15-4-1-2-5-16(15)23-17/h1-2,4-5,7-10H,3,6,11H2,(H,20,22). The summed E-state index contributed by atoms with van der Waals surface area (Å²) in [5.41, 5.74) is 2.16. The fourth-order valence-electron chi connectivity index (χ4n) is 2.27. The highest BCUT2D eigenvalue weighted by Gasteiger charge is 2.06. The average Bonchev–Trinajstić information content (AvgIpc) is 3.01. The SMILES string of the molecule is N#Cc1ccc(C(=O)NCCCc2nc3ccccc3s2)cc1. The van der Waals surface area contributed by atoms with E-state index in [-0.39, 0.29) is 5.91 Å². The van der Waals surface area contributed by atoms with Gasteiger partial charge in [0.2, 0.25) is 0 Å². The van der Waals surface area contributed by atoms with E-state index in [9.17, 15) is 4.79 Å². The summed E-state index contributed by atoms with van der Waals surface area (Å²) in [5, 5.41) is 12.7. The second-order valence-corrected chi connectivity index (χ2v) is 6.24. The molecule has 1 heterocycles. The van der Waals surface area contributed by atoms with Gasteiger partial charge in [0.15, 0.2) is 0 Å². The van der Waals surface area contributed by atoms with Gasteiger partial charge in [0.25, 0.3) is 5.91 Å². The number of hydrogen-bond acceptors (Lipinski definition) is 4. The van der Waals surface area contributed by atoms with Crippen LogP contribution in [0.5, 0.6) is 0 Å². The van der Waals surface area contributed by atoms with Crippen molar-refractivity contribution in [1.29, 1.82) is 5.26 Å². The Morgan fingerprint density at radius 3 is 2.70 bits per heavy atom. The quantitative estimate of drug-likeness (QED) is 0.731. The van der Waals surface area contributed by atoms with Crippen LogP contribution in [0.1, 0.15) is 27.3 Å². The Morgan fingerprint density at radius 2 is 1.96 bits per heavy atom. The molecular weight excluding hydrogens is 306 g/mol. The number of nitrogens with one attached hydrogen (secondary N) is 1. The summed E-state index contributed by atoms with van der Waals surface area (Å²) < 4.78 is 1.20. The van der Waals surface area contributed by atoms with Crippen molar-refractivity contribution in [3.63, 3.8) is 0 Å². The summed E-state index contributed by atoms with van der Waals surface area (Å²) >= 11 is 1.70. The molecule has 1 amide bonds. The summed E-state index contributed by atoms with van der Waals surface area (Å²) in [6.07, 6.45) is 1.70. The van der Waals surface area contributed by atoms with Crippen molar-refractivity contribution >= 4 is 27.5 Å². The average molecular weight is 321 g/mol. The van der Waals surface area contributed by atoms with Gasteiger partial charge in [-0.05, 0) is 42.8 Å². The fraction of sp³-hybridized carbons (Fsp3) is 0.167. The molecule has 0 saturated heterocycles. The van der Waals surface area contributed by atoms with Gasteiger partial charge in [-0.1, -0.05) is 12.1 Å². The number of aromatic nitrogens is 1. The number of fused-ring (bicyclic) bond motifs is 1. The highest BCUT2D eigenvalue weighted by atomic mass is 32.1. The molecule has 0 saturated carbocycles. The summed E-state index contributed by atoms with van der Waals surface area (Å²) in [6, 6.07) is 16.8. The van der Waals surface area contributed by atoms with Crippen LogP contribution in [0.2, 0.25) is 0 Å². The van der Waals surface area contributed by atoms with Gasteiger partial charge in [0.1, 0.15) is 0 Å². The monoisotopic (exact) mass is 321 g/mol. The zero-order valence-electron chi connectivity index (χ0n) is 12.5. The molecule has 1 N–H and O–H groups in total. The van der Waals surface area contributed by atoms with Gasteiger partial charge in [0, 0.05) is 18.5 Å². The molecule has 2 aromatic carbocycles. The van der Waals surface area contributed by atoms with Crippen LogP contribution in [-0.2, 0) is 6.42 Å². The zero-order valence-corrected chi connectivity index (χ0v) is 13.3. The fourth-order valence-corrected chi connectivity index (χ4v) is 3.28. The minimum atomic E-state index is -0.112. The van der Waals surface area contributed by atoms with E-state index in [2.05, 4.69) is 16.4 Å². The zero-order chi connectivity index (χ0) is 16.1. The van der Waals surface area contributed by atoms with Crippen LogP contribution in [-0.4, -0.2) is 17.4 Å². The van der Waals surface area contributed by atoms with E-state index in [1.807, 2.05) is 24.3 Å². The van der Waals surface area contributed by atoms with Gasteiger partial charge in [-0.15, -0.1) is 11.3 Å². The molecule has 0 aliphatic carbocycles. The molecule has 23 heavy (non-hydrogen) atoms. The van der Waals surface area contributed by atoms with Crippen molar-refractivity contribution in [1.82, 2.24) is 10.3 Å². The summed E-state index contributed by atoms with van der Waals surface area (Å²) in [6.45, 7) is 0.606. The van der Waals surface area contributed by atoms with Gasteiger partial charge in [-0.25, -0.2) is 4.98 Å². The molecule has 5 heteroatoms. The molecule has 0 radical (unpaired) electrons. The predicted octanol–water partition coefficient (Wildman–Crippen LogP) is 3.53. The lowest BCUT2D eigenvalue weighted by Gasteiger charge is -2.04. The number of para-hydroxylation sites is 1. The number of carbonyl (C=O) groups is 1. The molecule has 0 fully saturated rings. The third-order valence-electron chi connectivity index (χ3n) is 3.47. The van der Waals surface area contributed by atoms with E-state index >= 15 is 0 Å². The van der Waals surface area contributed by atoms with E-state index in [4.69, 9.17) is 5.26 Å². The lowest BCUT2D eigenvalue weighted by Crippen LogP contribution is -2.24. The number of benzene rings is 2. The first kappa shape index (κ1) is 15.2. The number of rotatable bonds is 5. The number of thiazole rings is 1. The Balaban J connectivity index is 1.49. The molecule has 0 bridgehead atoms. The van der Waals surface area contributed by atoms with E-state index in [0.29, 0.717) is 17.7 Å². The molecular formula is C18H15N3OS. The number of nitrogens with zero attached hydrogens (tertiary/aromatic N) is 2. The molecule has 0 unspecified atom stereocenters. The summed E-state index contributed by atoms with van der Waals surface area (Å²) in [5.74, 6) is -0.112. The Hall–Kier alpha value is -2.71. The van der Waals surface area contributed by atoms with Crippen LogP contribution in [0.25, 0.3) is 10.2 Å². The molecule has 4 nitrogen and oxygen atoms in total. The number of aryl methyl sites for hydroxylation is 1. The first-order chi connectivity index (χ1) is 11.3. The second-order valence-electron chi connectivity index (χ2n) is 5.12. The lowest BCUT2D eigenvalue weighted by molar-refractivity contribution is 0.0953. The van der Waals surface area contributed by atoms with Crippen molar-refractivity contribution in [2.24, 2.45) is 0 Å². The second kappa shape index (κ2) is 7.03. The Labute approximate surface area is 138 Å². The van der Waals surface area contributed by atoms with Crippen LogP contribution in [0.3, 0.4) is 0 Å². The summed E-state index contributed by atoms with van der Waals surface area (Å²) in [4.78, 5) is 16.6. The molecule has 0 aliphatic heterocycles. The first-order valence-electron chi connectivity index (χ1n) is 7.39. The van der Waals surface area contributed by atoms with Crippen molar-refractivity contribution < 1.29 is 4.79 Å². The minimum Gasteiger partial charge on any atom is -0.352 e. The topological polar surface area (TPSA) is 65.8 Å². The Morgan fingerprint density at radius 1 is 1.17 bits per heavy atom. The van der Waals surface area contributed by atoms with E-state index in [1.54, 1.807) is 35.6 Å². The summed E-state index contributed by atoms with van der Waals surface area (Å²) in [7, 11) is 0. The molecule has 3 rings (SSSR count). The van der Waals surface area contributed by atoms with Crippen LogP contribution < -0.4 is 5.32 Å². The first-order valence-corrected chi connectivity index (χ1v) is 8.21. The predicted molar refractivity (Wildman–Crippen MR) is 91.4 cm³/mol. The maximum Gasteiger partial charge on any atom is 0.251 e. The van der Waals surface area contributed by atoms with Gasteiger partial charge >= 0.3 is 0 Å².